The van der Waals surface area contributed by atoms with Crippen LogP contribution in [0.15, 0.2) is 29.1 Å². The Kier molecular flexibility index (Phi) is 3.68. The second kappa shape index (κ2) is 5.36. The summed E-state index contributed by atoms with van der Waals surface area (Å²) in [5, 5.41) is 0. The van der Waals surface area contributed by atoms with E-state index in [1.807, 2.05) is 25.2 Å². The topological polar surface area (TPSA) is 26.9 Å². The van der Waals surface area contributed by atoms with E-state index >= 15 is 0 Å². The van der Waals surface area contributed by atoms with E-state index in [0.29, 0.717) is 0 Å². The summed E-state index contributed by atoms with van der Waals surface area (Å²) in [6.45, 7) is 4.57. The number of aryl methyl sites for hydroxylation is 1. The zero-order valence-electron chi connectivity index (χ0n) is 13.4. The van der Waals surface area contributed by atoms with Crippen molar-refractivity contribution in [1.29, 1.82) is 0 Å². The van der Waals surface area contributed by atoms with Crippen molar-refractivity contribution < 1.29 is 0 Å². The molecule has 3 heteroatoms. The average Bonchev–Trinajstić information content (AvgIpc) is 2.64. The first-order valence-electron chi connectivity index (χ1n) is 8.24. The van der Waals surface area contributed by atoms with Gasteiger partial charge in [0.2, 0.25) is 0 Å². The van der Waals surface area contributed by atoms with Crippen molar-refractivity contribution in [2.75, 3.05) is 0 Å². The number of imidazole rings is 1. The largest absolute Gasteiger partial charge is 0.329 e. The van der Waals surface area contributed by atoms with Gasteiger partial charge >= 0.3 is 5.69 Å². The van der Waals surface area contributed by atoms with E-state index in [9.17, 15) is 4.79 Å². The molecular weight excluding hydrogens is 260 g/mol. The van der Waals surface area contributed by atoms with Crippen LogP contribution in [0.1, 0.15) is 52.4 Å². The Morgan fingerprint density at radius 3 is 2.62 bits per heavy atom. The van der Waals surface area contributed by atoms with Crippen molar-refractivity contribution in [1.82, 2.24) is 9.13 Å². The smallest absolute Gasteiger partial charge is 0.295 e. The number of nitrogens with zero attached hydrogens (tertiary/aromatic N) is 2. The second-order valence-electron chi connectivity index (χ2n) is 6.87. The molecule has 0 radical (unpaired) electrons. The van der Waals surface area contributed by atoms with E-state index in [4.69, 9.17) is 0 Å². The van der Waals surface area contributed by atoms with Crippen molar-refractivity contribution in [3.63, 3.8) is 0 Å². The van der Waals surface area contributed by atoms with Gasteiger partial charge in [0.05, 0.1) is 11.0 Å². The summed E-state index contributed by atoms with van der Waals surface area (Å²) >= 11 is 0. The standard InChI is InChI=1S/C18H26N2O/c1-4-14-8-7-12-18(2,13-11-14)20-16-10-6-5-9-15(16)19(3)17(20)21/h5-6,9-10,14H,4,7-8,11-13H2,1-3H3. The summed E-state index contributed by atoms with van der Waals surface area (Å²) < 4.78 is 3.86. The number of aromatic nitrogens is 2. The Bertz CT molecular complexity index is 697. The van der Waals surface area contributed by atoms with Gasteiger partial charge < -0.3 is 0 Å². The fraction of sp³-hybridized carbons (Fsp3) is 0.611. The van der Waals surface area contributed by atoms with Crippen LogP contribution in [0.3, 0.4) is 0 Å². The van der Waals surface area contributed by atoms with Gasteiger partial charge in [-0.15, -0.1) is 0 Å². The molecule has 3 rings (SSSR count). The molecule has 1 aromatic carbocycles. The quantitative estimate of drug-likeness (QED) is 0.765. The summed E-state index contributed by atoms with van der Waals surface area (Å²) in [6.07, 6.45) is 7.26. The van der Waals surface area contributed by atoms with Gasteiger partial charge in [-0.25, -0.2) is 4.79 Å². The van der Waals surface area contributed by atoms with E-state index in [2.05, 4.69) is 24.5 Å². The average molecular weight is 286 g/mol. The number of rotatable bonds is 2. The van der Waals surface area contributed by atoms with Crippen molar-refractivity contribution in [3.8, 4) is 0 Å². The van der Waals surface area contributed by atoms with E-state index in [1.165, 1.54) is 25.7 Å². The summed E-state index contributed by atoms with van der Waals surface area (Å²) in [5.74, 6) is 0.831. The normalized spacial score (nSPS) is 26.9. The highest BCUT2D eigenvalue weighted by atomic mass is 16.1. The monoisotopic (exact) mass is 286 g/mol. The van der Waals surface area contributed by atoms with Crippen molar-refractivity contribution in [3.05, 3.63) is 34.7 Å². The highest BCUT2D eigenvalue weighted by Gasteiger charge is 2.33. The zero-order chi connectivity index (χ0) is 15.0. The Labute approximate surface area is 126 Å². The predicted molar refractivity (Wildman–Crippen MR) is 87.7 cm³/mol. The first-order valence-corrected chi connectivity index (χ1v) is 8.24. The van der Waals surface area contributed by atoms with Gasteiger partial charge in [-0.3, -0.25) is 9.13 Å². The fourth-order valence-electron chi connectivity index (χ4n) is 4.00. The van der Waals surface area contributed by atoms with Gasteiger partial charge in [0, 0.05) is 12.6 Å². The van der Waals surface area contributed by atoms with Gasteiger partial charge in [0.15, 0.2) is 0 Å². The molecule has 0 amide bonds. The van der Waals surface area contributed by atoms with Crippen LogP contribution in [0.5, 0.6) is 0 Å². The molecule has 3 nitrogen and oxygen atoms in total. The molecule has 21 heavy (non-hydrogen) atoms. The first-order chi connectivity index (χ1) is 10.1. The molecule has 0 N–H and O–H groups in total. The highest BCUT2D eigenvalue weighted by Crippen LogP contribution is 2.37. The number of hydrogen-bond acceptors (Lipinski definition) is 1. The molecular formula is C18H26N2O. The van der Waals surface area contributed by atoms with Gasteiger partial charge in [0.25, 0.3) is 0 Å². The molecule has 1 saturated carbocycles. The van der Waals surface area contributed by atoms with Crippen LogP contribution in [-0.4, -0.2) is 9.13 Å². The molecule has 1 aliphatic carbocycles. The second-order valence-corrected chi connectivity index (χ2v) is 6.87. The zero-order valence-corrected chi connectivity index (χ0v) is 13.4. The van der Waals surface area contributed by atoms with Gasteiger partial charge in [0.1, 0.15) is 0 Å². The first kappa shape index (κ1) is 14.4. The third-order valence-electron chi connectivity index (χ3n) is 5.50. The lowest BCUT2D eigenvalue weighted by Gasteiger charge is -2.30. The maximum Gasteiger partial charge on any atom is 0.329 e. The minimum Gasteiger partial charge on any atom is -0.295 e. The Morgan fingerprint density at radius 1 is 1.19 bits per heavy atom. The molecule has 2 atom stereocenters. The van der Waals surface area contributed by atoms with Crippen molar-refractivity contribution >= 4 is 11.0 Å². The molecule has 0 spiro atoms. The Balaban J connectivity index is 2.11. The van der Waals surface area contributed by atoms with E-state index in [1.54, 1.807) is 4.57 Å². The molecule has 1 aromatic heterocycles. The fourth-order valence-corrected chi connectivity index (χ4v) is 4.00. The molecule has 1 fully saturated rings. The SMILES string of the molecule is CCC1CCCC(C)(n2c(=O)n(C)c3ccccc32)CC1. The summed E-state index contributed by atoms with van der Waals surface area (Å²) in [5.41, 5.74) is 2.22. The number of hydrogen-bond donors (Lipinski definition) is 0. The van der Waals surface area contributed by atoms with Gasteiger partial charge in [-0.05, 0) is 44.2 Å². The highest BCUT2D eigenvalue weighted by molar-refractivity contribution is 5.76. The lowest BCUT2D eigenvalue weighted by molar-refractivity contribution is 0.269. The molecule has 114 valence electrons. The van der Waals surface area contributed by atoms with Crippen LogP contribution in [-0.2, 0) is 12.6 Å². The van der Waals surface area contributed by atoms with Crippen LogP contribution in [0.4, 0.5) is 0 Å². The predicted octanol–water partition coefficient (Wildman–Crippen LogP) is 4.05. The van der Waals surface area contributed by atoms with Crippen LogP contribution in [0, 0.1) is 5.92 Å². The van der Waals surface area contributed by atoms with Crippen molar-refractivity contribution in [2.45, 2.75) is 57.9 Å². The van der Waals surface area contributed by atoms with Gasteiger partial charge in [-0.1, -0.05) is 38.3 Å². The van der Waals surface area contributed by atoms with Crippen LogP contribution >= 0.6 is 0 Å². The molecule has 0 bridgehead atoms. The Hall–Kier alpha value is -1.51. The van der Waals surface area contributed by atoms with E-state index < -0.39 is 0 Å². The van der Waals surface area contributed by atoms with Crippen LogP contribution in [0.25, 0.3) is 11.0 Å². The minimum absolute atomic E-state index is 0.0398. The van der Waals surface area contributed by atoms with Crippen LogP contribution < -0.4 is 5.69 Å². The Morgan fingerprint density at radius 2 is 1.90 bits per heavy atom. The molecule has 2 unspecified atom stereocenters. The van der Waals surface area contributed by atoms with Gasteiger partial charge in [-0.2, -0.15) is 0 Å². The summed E-state index contributed by atoms with van der Waals surface area (Å²) in [7, 11) is 1.88. The lowest BCUT2D eigenvalue weighted by atomic mass is 9.91. The molecule has 1 heterocycles. The van der Waals surface area contributed by atoms with Crippen LogP contribution in [0.2, 0.25) is 0 Å². The third-order valence-corrected chi connectivity index (χ3v) is 5.50. The number of para-hydroxylation sites is 2. The minimum atomic E-state index is -0.0398. The maximum absolute atomic E-state index is 12.8. The summed E-state index contributed by atoms with van der Waals surface area (Å²) in [6, 6.07) is 8.17. The third kappa shape index (κ3) is 2.33. The van der Waals surface area contributed by atoms with E-state index in [-0.39, 0.29) is 11.2 Å². The number of benzene rings is 1. The van der Waals surface area contributed by atoms with E-state index in [0.717, 1.165) is 29.8 Å². The van der Waals surface area contributed by atoms with Crippen molar-refractivity contribution in [2.24, 2.45) is 13.0 Å². The molecule has 1 aliphatic rings. The molecule has 0 aliphatic heterocycles. The summed E-state index contributed by atoms with van der Waals surface area (Å²) in [4.78, 5) is 12.8. The maximum atomic E-state index is 12.8. The lowest BCUT2D eigenvalue weighted by Crippen LogP contribution is -2.38. The molecule has 0 saturated heterocycles. The molecule has 2 aromatic rings. The number of fused-ring (bicyclic) bond motifs is 1.